The molecule has 2 aromatic carbocycles. The lowest BCUT2D eigenvalue weighted by Gasteiger charge is -2.21. The van der Waals surface area contributed by atoms with Crippen LogP contribution in [0.5, 0.6) is 0 Å². The number of tetrazole rings is 1. The van der Waals surface area contributed by atoms with Gasteiger partial charge in [0.15, 0.2) is 11.6 Å². The topological polar surface area (TPSA) is 80.9 Å². The zero-order valence-electron chi connectivity index (χ0n) is 18.0. The van der Waals surface area contributed by atoms with Gasteiger partial charge in [-0.3, -0.25) is 4.79 Å². The molecule has 3 rings (SSSR count). The number of carbonyl (C=O) groups is 1. The number of Topliss-reactive ketones (excluding diaryl/α,β-unsaturated/α-hetero) is 1. The van der Waals surface area contributed by atoms with Crippen LogP contribution in [0.2, 0.25) is 0 Å². The summed E-state index contributed by atoms with van der Waals surface area (Å²) in [5, 5.41) is 21.7. The van der Waals surface area contributed by atoms with Gasteiger partial charge in [-0.25, -0.2) is 4.39 Å². The molecule has 0 aliphatic carbocycles. The highest BCUT2D eigenvalue weighted by Gasteiger charge is 2.25. The lowest BCUT2D eigenvalue weighted by molar-refractivity contribution is 0.0858. The molecule has 0 atom stereocenters. The number of nitrogens with zero attached hydrogens (tertiary/aromatic N) is 4. The zero-order valence-corrected chi connectivity index (χ0v) is 18.0. The van der Waals surface area contributed by atoms with E-state index in [1.165, 1.54) is 12.1 Å². The molecule has 158 valence electrons. The first-order valence-electron chi connectivity index (χ1n) is 9.84. The van der Waals surface area contributed by atoms with E-state index in [4.69, 9.17) is 0 Å². The normalized spacial score (nSPS) is 12.2. The van der Waals surface area contributed by atoms with Crippen molar-refractivity contribution in [2.24, 2.45) is 5.41 Å². The van der Waals surface area contributed by atoms with Gasteiger partial charge in [0.1, 0.15) is 5.82 Å². The summed E-state index contributed by atoms with van der Waals surface area (Å²) in [4.78, 5) is 13.0. The van der Waals surface area contributed by atoms with Crippen LogP contribution in [0, 0.1) is 11.2 Å². The summed E-state index contributed by atoms with van der Waals surface area (Å²) >= 11 is 0. The average Bonchev–Trinajstić information content (AvgIpc) is 3.18. The Balaban J connectivity index is 2.15. The fourth-order valence-electron chi connectivity index (χ4n) is 3.12. The van der Waals surface area contributed by atoms with Gasteiger partial charge in [-0.2, -0.15) is 4.68 Å². The molecule has 0 radical (unpaired) electrons. The van der Waals surface area contributed by atoms with E-state index in [0.29, 0.717) is 17.1 Å². The zero-order chi connectivity index (χ0) is 22.1. The molecule has 0 saturated heterocycles. The van der Waals surface area contributed by atoms with E-state index in [2.05, 4.69) is 15.5 Å². The number of aromatic nitrogens is 4. The monoisotopic (exact) mass is 410 g/mol. The lowest BCUT2D eigenvalue weighted by atomic mass is 9.86. The SMILES string of the molecule is CC(C)(CO)CC(=O)c1cc(-c2ccc(F)cc2)cc(-n2nnnc2C(C)(C)C)c1. The Kier molecular flexibility index (Phi) is 5.85. The number of aliphatic hydroxyl groups is 1. The van der Waals surface area contributed by atoms with Crippen molar-refractivity contribution in [3.05, 3.63) is 59.7 Å². The summed E-state index contributed by atoms with van der Waals surface area (Å²) < 4.78 is 15.0. The van der Waals surface area contributed by atoms with Gasteiger partial charge in [0.05, 0.1) is 5.69 Å². The van der Waals surface area contributed by atoms with Gasteiger partial charge in [0.2, 0.25) is 0 Å². The van der Waals surface area contributed by atoms with Gasteiger partial charge in [-0.05, 0) is 57.3 Å². The highest BCUT2D eigenvalue weighted by Crippen LogP contribution is 2.29. The second-order valence-electron chi connectivity index (χ2n) is 9.36. The molecule has 0 amide bonds. The first kappa shape index (κ1) is 21.8. The predicted octanol–water partition coefficient (Wildman–Crippen LogP) is 4.36. The Bertz CT molecular complexity index is 1050. The minimum Gasteiger partial charge on any atom is -0.396 e. The van der Waals surface area contributed by atoms with Crippen molar-refractivity contribution in [3.63, 3.8) is 0 Å². The number of halogens is 1. The molecule has 0 aliphatic rings. The third kappa shape index (κ3) is 4.79. The number of hydrogen-bond donors (Lipinski definition) is 1. The smallest absolute Gasteiger partial charge is 0.163 e. The predicted molar refractivity (Wildman–Crippen MR) is 113 cm³/mol. The average molecular weight is 410 g/mol. The molecule has 0 aliphatic heterocycles. The van der Waals surface area contributed by atoms with E-state index >= 15 is 0 Å². The Labute approximate surface area is 175 Å². The van der Waals surface area contributed by atoms with E-state index in [1.54, 1.807) is 28.9 Å². The number of ketones is 1. The van der Waals surface area contributed by atoms with E-state index < -0.39 is 5.41 Å². The third-order valence-corrected chi connectivity index (χ3v) is 4.87. The molecule has 0 saturated carbocycles. The van der Waals surface area contributed by atoms with Crippen molar-refractivity contribution in [1.82, 2.24) is 20.2 Å². The minimum absolute atomic E-state index is 0.0928. The van der Waals surface area contributed by atoms with Crippen LogP contribution in [-0.4, -0.2) is 37.7 Å². The number of benzene rings is 2. The fraction of sp³-hybridized carbons (Fsp3) is 0.391. The Morgan fingerprint density at radius 1 is 1.03 bits per heavy atom. The van der Waals surface area contributed by atoms with E-state index in [1.807, 2.05) is 40.7 Å². The van der Waals surface area contributed by atoms with E-state index in [-0.39, 0.29) is 30.0 Å². The van der Waals surface area contributed by atoms with Gasteiger partial charge in [0.25, 0.3) is 0 Å². The summed E-state index contributed by atoms with van der Waals surface area (Å²) in [6.45, 7) is 9.62. The Hall–Kier alpha value is -2.93. The Morgan fingerprint density at radius 3 is 2.30 bits per heavy atom. The molecular weight excluding hydrogens is 383 g/mol. The molecule has 0 fully saturated rings. The summed E-state index contributed by atoms with van der Waals surface area (Å²) in [5.41, 5.74) is 1.83. The van der Waals surface area contributed by atoms with Crippen LogP contribution in [0.1, 0.15) is 57.2 Å². The van der Waals surface area contributed by atoms with Crippen molar-refractivity contribution in [2.75, 3.05) is 6.61 Å². The fourth-order valence-corrected chi connectivity index (χ4v) is 3.12. The van der Waals surface area contributed by atoms with Crippen LogP contribution in [-0.2, 0) is 5.41 Å². The molecular formula is C23H27FN4O2. The summed E-state index contributed by atoms with van der Waals surface area (Å²) in [6, 6.07) is 11.5. The van der Waals surface area contributed by atoms with Gasteiger partial charge in [0, 0.05) is 24.0 Å². The van der Waals surface area contributed by atoms with Crippen LogP contribution < -0.4 is 0 Å². The summed E-state index contributed by atoms with van der Waals surface area (Å²) in [7, 11) is 0. The molecule has 1 heterocycles. The van der Waals surface area contributed by atoms with Gasteiger partial charge in [-0.15, -0.1) is 5.10 Å². The van der Waals surface area contributed by atoms with Gasteiger partial charge < -0.3 is 5.11 Å². The highest BCUT2D eigenvalue weighted by molar-refractivity contribution is 5.98. The molecule has 30 heavy (non-hydrogen) atoms. The molecule has 1 N–H and O–H groups in total. The molecule has 0 unspecified atom stereocenters. The van der Waals surface area contributed by atoms with Crippen LogP contribution in [0.25, 0.3) is 16.8 Å². The van der Waals surface area contributed by atoms with Crippen molar-refractivity contribution in [1.29, 1.82) is 0 Å². The first-order valence-corrected chi connectivity index (χ1v) is 9.84. The number of aliphatic hydroxyl groups excluding tert-OH is 1. The molecule has 3 aromatic rings. The van der Waals surface area contributed by atoms with Crippen LogP contribution in [0.4, 0.5) is 4.39 Å². The second kappa shape index (κ2) is 8.07. The third-order valence-electron chi connectivity index (χ3n) is 4.87. The number of hydrogen-bond acceptors (Lipinski definition) is 5. The molecule has 7 heteroatoms. The second-order valence-corrected chi connectivity index (χ2v) is 9.36. The van der Waals surface area contributed by atoms with E-state index in [9.17, 15) is 14.3 Å². The van der Waals surface area contributed by atoms with Gasteiger partial charge >= 0.3 is 0 Å². The first-order chi connectivity index (χ1) is 14.0. The molecule has 0 bridgehead atoms. The van der Waals surface area contributed by atoms with Crippen molar-refractivity contribution in [2.45, 2.75) is 46.5 Å². The summed E-state index contributed by atoms with van der Waals surface area (Å²) in [5.74, 6) is 0.240. The lowest BCUT2D eigenvalue weighted by Crippen LogP contribution is -2.22. The van der Waals surface area contributed by atoms with Crippen molar-refractivity contribution >= 4 is 5.78 Å². The van der Waals surface area contributed by atoms with Crippen LogP contribution in [0.15, 0.2) is 42.5 Å². The largest absolute Gasteiger partial charge is 0.396 e. The van der Waals surface area contributed by atoms with Crippen molar-refractivity contribution in [3.8, 4) is 16.8 Å². The summed E-state index contributed by atoms with van der Waals surface area (Å²) in [6.07, 6.45) is 0.192. The number of carbonyl (C=O) groups excluding carboxylic acids is 1. The van der Waals surface area contributed by atoms with Crippen LogP contribution >= 0.6 is 0 Å². The van der Waals surface area contributed by atoms with Gasteiger partial charge in [-0.1, -0.05) is 46.8 Å². The molecule has 1 aromatic heterocycles. The standard InChI is InChI=1S/C23H27FN4O2/c1-22(2,3)21-25-26-27-28(21)19-11-16(15-6-8-18(24)9-7-15)10-17(12-19)20(30)13-23(4,5)14-29/h6-12,29H,13-14H2,1-5H3. The van der Waals surface area contributed by atoms with Crippen LogP contribution in [0.3, 0.4) is 0 Å². The Morgan fingerprint density at radius 2 is 1.70 bits per heavy atom. The maximum atomic E-state index is 13.4. The highest BCUT2D eigenvalue weighted by atomic mass is 19.1. The van der Waals surface area contributed by atoms with E-state index in [0.717, 1.165) is 11.1 Å². The number of rotatable bonds is 6. The minimum atomic E-state index is -0.533. The molecule has 0 spiro atoms. The van der Waals surface area contributed by atoms with Crippen molar-refractivity contribution < 1.29 is 14.3 Å². The molecule has 6 nitrogen and oxygen atoms in total. The quantitative estimate of drug-likeness (QED) is 0.611. The maximum Gasteiger partial charge on any atom is 0.163 e. The maximum absolute atomic E-state index is 13.4.